The quantitative estimate of drug-likeness (QED) is 0.781. The van der Waals surface area contributed by atoms with Crippen LogP contribution >= 0.6 is 15.9 Å². The Hall–Kier alpha value is -2.28. The first-order chi connectivity index (χ1) is 11.3. The molecule has 0 bridgehead atoms. The van der Waals surface area contributed by atoms with Gasteiger partial charge in [-0.05, 0) is 36.8 Å². The number of ether oxygens (including phenoxy) is 1. The number of esters is 1. The van der Waals surface area contributed by atoms with Crippen LogP contribution in [0, 0.1) is 11.6 Å². The zero-order chi connectivity index (χ0) is 17.7. The lowest BCUT2D eigenvalue weighted by molar-refractivity contribution is -0.124. The number of carbonyl (C=O) groups is 2. The molecule has 2 aromatic carbocycles. The summed E-state index contributed by atoms with van der Waals surface area (Å²) in [5.41, 5.74) is 0.589. The van der Waals surface area contributed by atoms with Crippen molar-refractivity contribution in [2.24, 2.45) is 0 Å². The standard InChI is InChI=1S/C17H14BrF2NO3/c1-10(11-2-4-13(18)5-3-11)21-16(22)9-24-17(23)12-6-14(19)8-15(20)7-12/h2-8,10H,9H2,1H3,(H,21,22)/t10-/m1/s1. The van der Waals surface area contributed by atoms with Gasteiger partial charge in [-0.3, -0.25) is 4.79 Å². The third-order valence-electron chi connectivity index (χ3n) is 3.18. The maximum Gasteiger partial charge on any atom is 0.338 e. The van der Waals surface area contributed by atoms with E-state index in [4.69, 9.17) is 4.74 Å². The van der Waals surface area contributed by atoms with E-state index in [1.807, 2.05) is 24.3 Å². The van der Waals surface area contributed by atoms with Crippen molar-refractivity contribution >= 4 is 27.8 Å². The van der Waals surface area contributed by atoms with E-state index in [9.17, 15) is 18.4 Å². The summed E-state index contributed by atoms with van der Waals surface area (Å²) in [6, 6.07) is 9.42. The molecule has 0 unspecified atom stereocenters. The van der Waals surface area contributed by atoms with Gasteiger partial charge in [0, 0.05) is 10.5 Å². The lowest BCUT2D eigenvalue weighted by atomic mass is 10.1. The highest BCUT2D eigenvalue weighted by atomic mass is 79.9. The van der Waals surface area contributed by atoms with Crippen molar-refractivity contribution in [1.29, 1.82) is 0 Å². The average molecular weight is 398 g/mol. The average Bonchev–Trinajstić information content (AvgIpc) is 2.52. The second kappa shape index (κ2) is 8.01. The van der Waals surface area contributed by atoms with Gasteiger partial charge in [-0.25, -0.2) is 13.6 Å². The van der Waals surface area contributed by atoms with E-state index >= 15 is 0 Å². The van der Waals surface area contributed by atoms with Crippen LogP contribution < -0.4 is 5.32 Å². The minimum absolute atomic E-state index is 0.282. The fourth-order valence-electron chi connectivity index (χ4n) is 2.00. The number of hydrogen-bond acceptors (Lipinski definition) is 3. The van der Waals surface area contributed by atoms with Gasteiger partial charge < -0.3 is 10.1 Å². The summed E-state index contributed by atoms with van der Waals surface area (Å²) in [6.45, 7) is 1.24. The van der Waals surface area contributed by atoms with Crippen LogP contribution in [0.5, 0.6) is 0 Å². The van der Waals surface area contributed by atoms with Crippen LogP contribution in [0.25, 0.3) is 0 Å². The summed E-state index contributed by atoms with van der Waals surface area (Å²) < 4.78 is 31.8. The molecule has 24 heavy (non-hydrogen) atoms. The summed E-state index contributed by atoms with van der Waals surface area (Å²) in [7, 11) is 0. The molecular formula is C17H14BrF2NO3. The summed E-state index contributed by atoms with van der Waals surface area (Å²) in [5.74, 6) is -3.28. The Bertz CT molecular complexity index is 730. The lowest BCUT2D eigenvalue weighted by Crippen LogP contribution is -2.31. The molecule has 0 saturated heterocycles. The third kappa shape index (κ3) is 5.13. The van der Waals surface area contributed by atoms with Crippen molar-refractivity contribution in [3.63, 3.8) is 0 Å². The van der Waals surface area contributed by atoms with Gasteiger partial charge in [0.1, 0.15) is 11.6 Å². The molecule has 7 heteroatoms. The molecule has 0 spiro atoms. The predicted molar refractivity (Wildman–Crippen MR) is 87.3 cm³/mol. The molecule has 2 rings (SSSR count). The Kier molecular flexibility index (Phi) is 6.03. The molecule has 0 aliphatic rings. The number of hydrogen-bond donors (Lipinski definition) is 1. The predicted octanol–water partition coefficient (Wildman–Crippen LogP) is 3.76. The van der Waals surface area contributed by atoms with Gasteiger partial charge >= 0.3 is 5.97 Å². The van der Waals surface area contributed by atoms with Crippen molar-refractivity contribution in [2.75, 3.05) is 6.61 Å². The molecule has 0 aliphatic carbocycles. The Morgan fingerprint density at radius 2 is 1.71 bits per heavy atom. The Morgan fingerprint density at radius 3 is 2.29 bits per heavy atom. The number of nitrogens with one attached hydrogen (secondary N) is 1. The van der Waals surface area contributed by atoms with Crippen molar-refractivity contribution in [1.82, 2.24) is 5.32 Å². The normalized spacial score (nSPS) is 11.7. The van der Waals surface area contributed by atoms with Crippen LogP contribution in [0.2, 0.25) is 0 Å². The summed E-state index contributed by atoms with van der Waals surface area (Å²) in [4.78, 5) is 23.5. The van der Waals surface area contributed by atoms with Crippen LogP contribution in [-0.2, 0) is 9.53 Å². The highest BCUT2D eigenvalue weighted by Gasteiger charge is 2.14. The van der Waals surface area contributed by atoms with Gasteiger partial charge in [-0.15, -0.1) is 0 Å². The second-order valence-electron chi connectivity index (χ2n) is 5.08. The van der Waals surface area contributed by atoms with E-state index in [0.717, 1.165) is 22.2 Å². The van der Waals surface area contributed by atoms with Crippen molar-refractivity contribution < 1.29 is 23.1 Å². The van der Waals surface area contributed by atoms with Crippen LogP contribution in [-0.4, -0.2) is 18.5 Å². The van der Waals surface area contributed by atoms with Crippen LogP contribution in [0.3, 0.4) is 0 Å². The largest absolute Gasteiger partial charge is 0.452 e. The Labute approximate surface area is 145 Å². The molecule has 0 aromatic heterocycles. The van der Waals surface area contributed by atoms with E-state index in [1.165, 1.54) is 0 Å². The molecule has 0 aliphatic heterocycles. The van der Waals surface area contributed by atoms with Crippen molar-refractivity contribution in [3.8, 4) is 0 Å². The van der Waals surface area contributed by atoms with Gasteiger partial charge in [0.2, 0.25) is 0 Å². The fraction of sp³-hybridized carbons (Fsp3) is 0.176. The minimum atomic E-state index is -0.972. The molecule has 0 radical (unpaired) electrons. The lowest BCUT2D eigenvalue weighted by Gasteiger charge is -2.14. The summed E-state index contributed by atoms with van der Waals surface area (Å²) in [5, 5.41) is 2.67. The van der Waals surface area contributed by atoms with Crippen molar-refractivity contribution in [2.45, 2.75) is 13.0 Å². The van der Waals surface area contributed by atoms with Crippen LogP contribution in [0.15, 0.2) is 46.9 Å². The molecule has 1 N–H and O–H groups in total. The molecule has 126 valence electrons. The summed E-state index contributed by atoms with van der Waals surface area (Å²) >= 11 is 3.32. The first-order valence-corrected chi connectivity index (χ1v) is 7.82. The maximum absolute atomic E-state index is 13.0. The number of carbonyl (C=O) groups excluding carboxylic acids is 2. The number of rotatable bonds is 5. The fourth-order valence-corrected chi connectivity index (χ4v) is 2.27. The third-order valence-corrected chi connectivity index (χ3v) is 3.71. The SMILES string of the molecule is C[C@@H](NC(=O)COC(=O)c1cc(F)cc(F)c1)c1ccc(Br)cc1. The Balaban J connectivity index is 1.88. The smallest absolute Gasteiger partial charge is 0.338 e. The van der Waals surface area contributed by atoms with E-state index in [-0.39, 0.29) is 11.6 Å². The molecule has 1 amide bonds. The van der Waals surface area contributed by atoms with Crippen molar-refractivity contribution in [3.05, 3.63) is 69.7 Å². The molecular weight excluding hydrogens is 384 g/mol. The monoisotopic (exact) mass is 397 g/mol. The first kappa shape index (κ1) is 18.1. The molecule has 1 atom stereocenters. The zero-order valence-corrected chi connectivity index (χ0v) is 14.3. The van der Waals surface area contributed by atoms with Gasteiger partial charge in [-0.1, -0.05) is 28.1 Å². The van der Waals surface area contributed by atoms with Gasteiger partial charge in [0.25, 0.3) is 5.91 Å². The zero-order valence-electron chi connectivity index (χ0n) is 12.7. The molecule has 2 aromatic rings. The molecule has 4 nitrogen and oxygen atoms in total. The van der Waals surface area contributed by atoms with Gasteiger partial charge in [0.15, 0.2) is 6.61 Å². The highest BCUT2D eigenvalue weighted by molar-refractivity contribution is 9.10. The number of halogens is 3. The molecule has 0 saturated carbocycles. The van der Waals surface area contributed by atoms with Crippen LogP contribution in [0.4, 0.5) is 8.78 Å². The molecule has 0 heterocycles. The van der Waals surface area contributed by atoms with E-state index in [2.05, 4.69) is 21.2 Å². The highest BCUT2D eigenvalue weighted by Crippen LogP contribution is 2.16. The van der Waals surface area contributed by atoms with Gasteiger partial charge in [-0.2, -0.15) is 0 Å². The number of benzene rings is 2. The number of amides is 1. The minimum Gasteiger partial charge on any atom is -0.452 e. The van der Waals surface area contributed by atoms with E-state index in [1.54, 1.807) is 6.92 Å². The first-order valence-electron chi connectivity index (χ1n) is 7.03. The van der Waals surface area contributed by atoms with Crippen LogP contribution in [0.1, 0.15) is 28.9 Å². The van der Waals surface area contributed by atoms with Gasteiger partial charge in [0.05, 0.1) is 11.6 Å². The molecule has 0 fully saturated rings. The Morgan fingerprint density at radius 1 is 1.12 bits per heavy atom. The maximum atomic E-state index is 13.0. The topological polar surface area (TPSA) is 55.4 Å². The van der Waals surface area contributed by atoms with E-state index in [0.29, 0.717) is 6.07 Å². The summed E-state index contributed by atoms with van der Waals surface area (Å²) in [6.07, 6.45) is 0. The van der Waals surface area contributed by atoms with E-state index < -0.39 is 30.1 Å². The second-order valence-corrected chi connectivity index (χ2v) is 5.99.